The lowest BCUT2D eigenvalue weighted by Crippen LogP contribution is -2.23. The van der Waals surface area contributed by atoms with Crippen molar-refractivity contribution in [2.24, 2.45) is 23.7 Å². The molecule has 68 valence electrons. The Labute approximate surface area is 73.3 Å². The normalized spacial score (nSPS) is 59.6. The van der Waals surface area contributed by atoms with E-state index >= 15 is 0 Å². The number of hydrogen-bond acceptors (Lipinski definition) is 2. The summed E-state index contributed by atoms with van der Waals surface area (Å²) in [6.07, 6.45) is 2.18. The Bertz CT molecular complexity index is 319. The lowest BCUT2D eigenvalue weighted by Gasteiger charge is -2.22. The van der Waals surface area contributed by atoms with Crippen LogP contribution >= 0.6 is 0 Å². The molecule has 2 aliphatic carbocycles. The third-order valence-electron chi connectivity index (χ3n) is 4.44. The lowest BCUT2D eigenvalue weighted by molar-refractivity contribution is 0.286. The van der Waals surface area contributed by atoms with Crippen molar-refractivity contribution in [2.45, 2.75) is 25.0 Å². The van der Waals surface area contributed by atoms with Crippen molar-refractivity contribution in [3.8, 4) is 0 Å². The highest BCUT2D eigenvalue weighted by molar-refractivity contribution is 7.92. The molecule has 0 aromatic rings. The summed E-state index contributed by atoms with van der Waals surface area (Å²) in [6, 6.07) is 0. The molecule has 0 radical (unpaired) electrons. The van der Waals surface area contributed by atoms with Gasteiger partial charge < -0.3 is 0 Å². The van der Waals surface area contributed by atoms with Crippen LogP contribution in [0.1, 0.15) is 19.8 Å². The molecule has 2 nitrogen and oxygen atoms in total. The first-order valence-corrected chi connectivity index (χ1v) is 6.53. The van der Waals surface area contributed by atoms with Gasteiger partial charge >= 0.3 is 0 Å². The van der Waals surface area contributed by atoms with Crippen LogP contribution < -0.4 is 0 Å². The number of fused-ring (bicyclic) bond motifs is 1. The molecule has 12 heavy (non-hydrogen) atoms. The van der Waals surface area contributed by atoms with E-state index in [9.17, 15) is 8.42 Å². The van der Waals surface area contributed by atoms with Gasteiger partial charge in [0.2, 0.25) is 0 Å². The fourth-order valence-corrected chi connectivity index (χ4v) is 6.49. The van der Waals surface area contributed by atoms with E-state index in [1.165, 1.54) is 6.42 Å². The molecule has 1 saturated heterocycles. The smallest absolute Gasteiger partial charge is 0.153 e. The van der Waals surface area contributed by atoms with Crippen LogP contribution in [-0.2, 0) is 9.84 Å². The molecule has 3 fully saturated rings. The van der Waals surface area contributed by atoms with E-state index in [-0.39, 0.29) is 5.25 Å². The number of sulfone groups is 1. The Morgan fingerprint density at radius 1 is 1.17 bits per heavy atom. The molecule has 2 saturated carbocycles. The third-order valence-corrected chi connectivity index (χ3v) is 6.76. The zero-order valence-electron chi connectivity index (χ0n) is 7.23. The summed E-state index contributed by atoms with van der Waals surface area (Å²) in [5.41, 5.74) is 0. The molecule has 0 amide bonds. The molecule has 1 heterocycles. The minimum Gasteiger partial charge on any atom is -0.229 e. The van der Waals surface area contributed by atoms with Crippen LogP contribution in [0.2, 0.25) is 0 Å². The maximum Gasteiger partial charge on any atom is 0.153 e. The minimum absolute atomic E-state index is 0.0729. The maximum absolute atomic E-state index is 11.6. The summed E-state index contributed by atoms with van der Waals surface area (Å²) in [5.74, 6) is 3.00. The zero-order valence-corrected chi connectivity index (χ0v) is 8.05. The second-order valence-electron chi connectivity index (χ2n) is 4.79. The largest absolute Gasteiger partial charge is 0.229 e. The van der Waals surface area contributed by atoms with Gasteiger partial charge in [-0.15, -0.1) is 0 Å². The van der Waals surface area contributed by atoms with Crippen LogP contribution in [0.5, 0.6) is 0 Å². The van der Waals surface area contributed by atoms with Crippen molar-refractivity contribution in [3.63, 3.8) is 0 Å². The molecule has 1 aliphatic heterocycles. The first-order chi connectivity index (χ1) is 5.59. The number of rotatable bonds is 0. The molecule has 4 unspecified atom stereocenters. The Balaban J connectivity index is 2.11. The molecule has 2 bridgehead atoms. The van der Waals surface area contributed by atoms with Gasteiger partial charge in [-0.2, -0.15) is 0 Å². The topological polar surface area (TPSA) is 34.1 Å². The van der Waals surface area contributed by atoms with Crippen LogP contribution in [0.4, 0.5) is 0 Å². The molecule has 0 aromatic carbocycles. The van der Waals surface area contributed by atoms with Gasteiger partial charge in [0.15, 0.2) is 9.84 Å². The first-order valence-electron chi connectivity index (χ1n) is 4.81. The Morgan fingerprint density at radius 2 is 1.92 bits per heavy atom. The Kier molecular flexibility index (Phi) is 1.16. The van der Waals surface area contributed by atoms with Gasteiger partial charge in [-0.05, 0) is 36.5 Å². The lowest BCUT2D eigenvalue weighted by atomic mass is 9.82. The molecule has 0 spiro atoms. The van der Waals surface area contributed by atoms with E-state index < -0.39 is 9.84 Å². The first kappa shape index (κ1) is 7.36. The SMILES string of the molecule is CC1C2CC3C(C2)S(=O)(=O)C[C@H]13. The Hall–Kier alpha value is -0.0500. The van der Waals surface area contributed by atoms with Crippen molar-refractivity contribution in [3.05, 3.63) is 0 Å². The molecule has 5 atom stereocenters. The summed E-state index contributed by atoms with van der Waals surface area (Å²) in [6.45, 7) is 2.24. The average molecular weight is 186 g/mol. The quantitative estimate of drug-likeness (QED) is 0.567. The monoisotopic (exact) mass is 186 g/mol. The maximum atomic E-state index is 11.6. The van der Waals surface area contributed by atoms with Crippen molar-refractivity contribution < 1.29 is 8.42 Å². The van der Waals surface area contributed by atoms with E-state index in [1.807, 2.05) is 0 Å². The highest BCUT2D eigenvalue weighted by atomic mass is 32.2. The van der Waals surface area contributed by atoms with Crippen LogP contribution in [0.15, 0.2) is 0 Å². The second kappa shape index (κ2) is 1.89. The van der Waals surface area contributed by atoms with Gasteiger partial charge in [-0.25, -0.2) is 8.42 Å². The third kappa shape index (κ3) is 0.652. The summed E-state index contributed by atoms with van der Waals surface area (Å²) in [4.78, 5) is 0. The summed E-state index contributed by atoms with van der Waals surface area (Å²) in [7, 11) is -2.66. The van der Waals surface area contributed by atoms with Gasteiger partial charge in [-0.3, -0.25) is 0 Å². The van der Waals surface area contributed by atoms with Crippen molar-refractivity contribution in [1.82, 2.24) is 0 Å². The number of hydrogen-bond donors (Lipinski definition) is 0. The molecule has 3 heteroatoms. The van der Waals surface area contributed by atoms with E-state index in [2.05, 4.69) is 6.92 Å². The second-order valence-corrected chi connectivity index (χ2v) is 7.05. The fourth-order valence-electron chi connectivity index (χ4n) is 3.77. The molecule has 0 N–H and O–H groups in total. The van der Waals surface area contributed by atoms with Crippen LogP contribution in [0.3, 0.4) is 0 Å². The van der Waals surface area contributed by atoms with Crippen LogP contribution in [0.25, 0.3) is 0 Å². The van der Waals surface area contributed by atoms with Gasteiger partial charge in [-0.1, -0.05) is 6.92 Å². The van der Waals surface area contributed by atoms with E-state index in [0.717, 1.165) is 12.3 Å². The fraction of sp³-hybridized carbons (Fsp3) is 1.00. The van der Waals surface area contributed by atoms with E-state index in [4.69, 9.17) is 0 Å². The minimum atomic E-state index is -2.66. The van der Waals surface area contributed by atoms with Gasteiger partial charge in [0.25, 0.3) is 0 Å². The highest BCUT2D eigenvalue weighted by Gasteiger charge is 2.60. The van der Waals surface area contributed by atoms with Gasteiger partial charge in [0, 0.05) is 0 Å². The van der Waals surface area contributed by atoms with Crippen molar-refractivity contribution >= 4 is 9.84 Å². The highest BCUT2D eigenvalue weighted by Crippen LogP contribution is 2.58. The molecule has 0 aromatic heterocycles. The molecule has 3 aliphatic rings. The zero-order chi connectivity index (χ0) is 8.51. The summed E-state index contributed by atoms with van der Waals surface area (Å²) >= 11 is 0. The Morgan fingerprint density at radius 3 is 2.50 bits per heavy atom. The van der Waals surface area contributed by atoms with E-state index in [1.54, 1.807) is 0 Å². The predicted octanol–water partition coefficient (Wildman–Crippen LogP) is 1.08. The molecule has 3 rings (SSSR count). The van der Waals surface area contributed by atoms with Crippen LogP contribution in [0, 0.1) is 23.7 Å². The van der Waals surface area contributed by atoms with Gasteiger partial charge in [0.1, 0.15) is 0 Å². The van der Waals surface area contributed by atoms with Crippen LogP contribution in [-0.4, -0.2) is 19.4 Å². The molecular weight excluding hydrogens is 172 g/mol. The standard InChI is InChI=1S/C9H14O2S/c1-5-6-2-7-8(5)4-12(10,11)9(7)3-6/h5-9H,2-4H2,1H3/t5?,6?,7?,8-,9?/m1/s1. The summed E-state index contributed by atoms with van der Waals surface area (Å²) in [5, 5.41) is 0.0729. The molecular formula is C9H14O2S. The summed E-state index contributed by atoms with van der Waals surface area (Å²) < 4.78 is 23.3. The van der Waals surface area contributed by atoms with E-state index in [0.29, 0.717) is 23.5 Å². The average Bonchev–Trinajstić information content (AvgIpc) is 2.54. The predicted molar refractivity (Wildman–Crippen MR) is 46.4 cm³/mol. The van der Waals surface area contributed by atoms with Gasteiger partial charge in [0.05, 0.1) is 11.0 Å². The van der Waals surface area contributed by atoms with Crippen molar-refractivity contribution in [1.29, 1.82) is 0 Å². The van der Waals surface area contributed by atoms with Crippen molar-refractivity contribution in [2.75, 3.05) is 5.75 Å².